The fraction of sp³-hybridized carbons (Fsp3) is 0.346. The van der Waals surface area contributed by atoms with Gasteiger partial charge >= 0.3 is 0 Å². The molecule has 2 heterocycles. The van der Waals surface area contributed by atoms with Gasteiger partial charge in [0.25, 0.3) is 0 Å². The van der Waals surface area contributed by atoms with Gasteiger partial charge in [-0.25, -0.2) is 0 Å². The molecule has 0 bridgehead atoms. The Morgan fingerprint density at radius 1 is 1.08 bits per heavy atom. The number of hydrogen-bond donors (Lipinski definition) is 2. The van der Waals surface area contributed by atoms with Crippen LogP contribution in [0.15, 0.2) is 47.5 Å². The number of aromatic nitrogens is 3. The van der Waals surface area contributed by atoms with E-state index in [1.165, 1.54) is 0 Å². The van der Waals surface area contributed by atoms with E-state index in [0.29, 0.717) is 41.2 Å². The monoisotopic (exact) mass is 508 g/mol. The fourth-order valence-corrected chi connectivity index (χ4v) is 4.14. The number of carbonyl (C=O) groups excluding carboxylic acids is 2. The molecule has 1 aromatic heterocycles. The molecule has 0 aliphatic carbocycles. The number of amides is 2. The van der Waals surface area contributed by atoms with Crippen LogP contribution in [0, 0.1) is 12.8 Å². The van der Waals surface area contributed by atoms with Crippen LogP contribution in [0.5, 0.6) is 5.75 Å². The maximum atomic E-state index is 12.9. The predicted molar refractivity (Wildman–Crippen MR) is 138 cm³/mol. The summed E-state index contributed by atoms with van der Waals surface area (Å²) in [4.78, 5) is 29.7. The predicted octanol–water partition coefficient (Wildman–Crippen LogP) is 3.41. The van der Waals surface area contributed by atoms with E-state index in [9.17, 15) is 9.59 Å². The topological polar surface area (TPSA) is 110 Å². The molecule has 0 saturated carbocycles. The van der Waals surface area contributed by atoms with Crippen LogP contribution in [0.1, 0.15) is 49.1 Å². The van der Waals surface area contributed by atoms with Crippen molar-refractivity contribution in [1.29, 1.82) is 0 Å². The van der Waals surface area contributed by atoms with Crippen molar-refractivity contribution in [3.05, 3.63) is 70.3 Å². The van der Waals surface area contributed by atoms with Gasteiger partial charge in [0.1, 0.15) is 17.6 Å². The van der Waals surface area contributed by atoms with Crippen molar-refractivity contribution in [2.75, 3.05) is 20.2 Å². The first-order valence-corrected chi connectivity index (χ1v) is 12.1. The number of rotatable bonds is 8. The number of benzene rings is 2. The highest BCUT2D eigenvalue weighted by atomic mass is 35.5. The normalized spacial score (nSPS) is 14.4. The Morgan fingerprint density at radius 3 is 2.50 bits per heavy atom. The Morgan fingerprint density at radius 2 is 1.81 bits per heavy atom. The van der Waals surface area contributed by atoms with Crippen molar-refractivity contribution in [2.24, 2.45) is 10.9 Å². The summed E-state index contributed by atoms with van der Waals surface area (Å²) in [6, 6.07) is 12.6. The highest BCUT2D eigenvalue weighted by molar-refractivity contribution is 6.30. The minimum absolute atomic E-state index is 0.0537. The van der Waals surface area contributed by atoms with Crippen molar-refractivity contribution < 1.29 is 14.3 Å². The molecule has 10 heteroatoms. The van der Waals surface area contributed by atoms with E-state index in [4.69, 9.17) is 21.3 Å². The van der Waals surface area contributed by atoms with Gasteiger partial charge in [-0.15, -0.1) is 10.2 Å². The zero-order valence-corrected chi connectivity index (χ0v) is 21.5. The SMILES string of the molecule is COc1ccc2c(c1)C(c1ccc(Cl)cc1)=N[C@@H](CC(=O)NCCNC(=O)C(C)C)c1nnc(C)n1-2. The van der Waals surface area contributed by atoms with Crippen LogP contribution in [0.25, 0.3) is 5.69 Å². The quantitative estimate of drug-likeness (QED) is 0.453. The van der Waals surface area contributed by atoms with E-state index < -0.39 is 6.04 Å². The van der Waals surface area contributed by atoms with Crippen LogP contribution in [0.3, 0.4) is 0 Å². The van der Waals surface area contributed by atoms with Gasteiger partial charge in [0.2, 0.25) is 11.8 Å². The summed E-state index contributed by atoms with van der Waals surface area (Å²) in [5.74, 6) is 1.58. The number of carbonyl (C=O) groups is 2. The van der Waals surface area contributed by atoms with Gasteiger partial charge in [0.15, 0.2) is 5.82 Å². The lowest BCUT2D eigenvalue weighted by Gasteiger charge is -2.14. The third-order valence-electron chi connectivity index (χ3n) is 5.90. The third-order valence-corrected chi connectivity index (χ3v) is 6.15. The molecule has 1 aliphatic heterocycles. The van der Waals surface area contributed by atoms with Gasteiger partial charge in [0.05, 0.1) is 24.9 Å². The first kappa shape index (κ1) is 25.4. The van der Waals surface area contributed by atoms with E-state index in [1.54, 1.807) is 7.11 Å². The molecule has 0 radical (unpaired) electrons. The smallest absolute Gasteiger partial charge is 0.222 e. The van der Waals surface area contributed by atoms with Gasteiger partial charge < -0.3 is 15.4 Å². The summed E-state index contributed by atoms with van der Waals surface area (Å²) in [5.41, 5.74) is 3.24. The second kappa shape index (κ2) is 10.9. The van der Waals surface area contributed by atoms with Crippen LogP contribution in [0.2, 0.25) is 5.02 Å². The van der Waals surface area contributed by atoms with E-state index in [2.05, 4.69) is 20.8 Å². The Kier molecular flexibility index (Phi) is 7.69. The second-order valence-electron chi connectivity index (χ2n) is 8.82. The number of aryl methyl sites for hydroxylation is 1. The molecule has 0 fully saturated rings. The van der Waals surface area contributed by atoms with Crippen molar-refractivity contribution in [3.63, 3.8) is 0 Å². The number of aliphatic imine (C=N–C) groups is 1. The Hall–Kier alpha value is -3.72. The molecule has 188 valence electrons. The average molecular weight is 509 g/mol. The van der Waals surface area contributed by atoms with Crippen molar-refractivity contribution in [3.8, 4) is 11.4 Å². The first-order chi connectivity index (χ1) is 17.3. The molecule has 2 N–H and O–H groups in total. The summed E-state index contributed by atoms with van der Waals surface area (Å²) < 4.78 is 7.42. The van der Waals surface area contributed by atoms with E-state index >= 15 is 0 Å². The molecule has 1 aliphatic rings. The van der Waals surface area contributed by atoms with Gasteiger partial charge in [-0.3, -0.25) is 19.1 Å². The molecule has 3 aromatic rings. The largest absolute Gasteiger partial charge is 0.497 e. The molecule has 4 rings (SSSR count). The molecule has 0 saturated heterocycles. The molecular weight excluding hydrogens is 480 g/mol. The lowest BCUT2D eigenvalue weighted by Crippen LogP contribution is -2.36. The van der Waals surface area contributed by atoms with Crippen LogP contribution in [-0.4, -0.2) is 52.5 Å². The van der Waals surface area contributed by atoms with Gasteiger partial charge in [-0.05, 0) is 37.3 Å². The van der Waals surface area contributed by atoms with Crippen LogP contribution in [0.4, 0.5) is 0 Å². The Balaban J connectivity index is 1.68. The van der Waals surface area contributed by atoms with Gasteiger partial charge in [-0.2, -0.15) is 0 Å². The zero-order chi connectivity index (χ0) is 25.8. The Labute approximate surface area is 214 Å². The minimum atomic E-state index is -0.583. The molecule has 36 heavy (non-hydrogen) atoms. The molecule has 9 nitrogen and oxygen atoms in total. The number of ether oxygens (including phenoxy) is 1. The molecule has 0 unspecified atom stereocenters. The van der Waals surface area contributed by atoms with E-state index in [-0.39, 0.29) is 24.2 Å². The standard InChI is InChI=1S/C26H29ClN6O3/c1-15(2)26(35)29-12-11-28-23(34)14-21-25-32-31-16(3)33(25)22-10-9-19(36-4)13-20(22)24(30-21)17-5-7-18(27)8-6-17/h5-10,13,15,21H,11-12,14H2,1-4H3,(H,28,34)(H,29,35)/t21-/m0/s1. The van der Waals surface area contributed by atoms with Crippen molar-refractivity contribution >= 4 is 29.1 Å². The first-order valence-electron chi connectivity index (χ1n) is 11.8. The van der Waals surface area contributed by atoms with E-state index in [1.807, 2.05) is 67.8 Å². The number of nitrogens with zero attached hydrogens (tertiary/aromatic N) is 4. The summed E-state index contributed by atoms with van der Waals surface area (Å²) in [6.45, 7) is 6.18. The summed E-state index contributed by atoms with van der Waals surface area (Å²) in [5, 5.41) is 14.9. The zero-order valence-electron chi connectivity index (χ0n) is 20.7. The molecule has 0 spiro atoms. The Bertz CT molecular complexity index is 1300. The van der Waals surface area contributed by atoms with Crippen LogP contribution in [-0.2, 0) is 9.59 Å². The number of fused-ring (bicyclic) bond motifs is 3. The highest BCUT2D eigenvalue weighted by Crippen LogP contribution is 2.34. The summed E-state index contributed by atoms with van der Waals surface area (Å²) in [7, 11) is 1.61. The fourth-order valence-electron chi connectivity index (χ4n) is 4.02. The summed E-state index contributed by atoms with van der Waals surface area (Å²) in [6.07, 6.45) is 0.0679. The molecule has 2 aromatic carbocycles. The summed E-state index contributed by atoms with van der Waals surface area (Å²) >= 11 is 6.14. The molecular formula is C26H29ClN6O3. The number of nitrogens with one attached hydrogen (secondary N) is 2. The van der Waals surface area contributed by atoms with E-state index in [0.717, 1.165) is 16.8 Å². The molecule has 2 amide bonds. The van der Waals surface area contributed by atoms with Crippen molar-refractivity contribution in [2.45, 2.75) is 33.2 Å². The van der Waals surface area contributed by atoms with Crippen LogP contribution >= 0.6 is 11.6 Å². The maximum Gasteiger partial charge on any atom is 0.222 e. The second-order valence-corrected chi connectivity index (χ2v) is 9.26. The van der Waals surface area contributed by atoms with Gasteiger partial charge in [0, 0.05) is 35.2 Å². The lowest BCUT2D eigenvalue weighted by atomic mass is 10.00. The number of methoxy groups -OCH3 is 1. The number of hydrogen-bond acceptors (Lipinski definition) is 6. The maximum absolute atomic E-state index is 12.9. The average Bonchev–Trinajstić information content (AvgIpc) is 3.19. The van der Waals surface area contributed by atoms with Gasteiger partial charge in [-0.1, -0.05) is 37.6 Å². The lowest BCUT2D eigenvalue weighted by molar-refractivity contribution is -0.124. The highest BCUT2D eigenvalue weighted by Gasteiger charge is 2.30. The van der Waals surface area contributed by atoms with Crippen LogP contribution < -0.4 is 15.4 Å². The minimum Gasteiger partial charge on any atom is -0.497 e. The van der Waals surface area contributed by atoms with Crippen molar-refractivity contribution in [1.82, 2.24) is 25.4 Å². The number of halogens is 1. The third kappa shape index (κ3) is 5.41. The molecule has 1 atom stereocenters.